The number of aromatic amines is 1. The highest BCUT2D eigenvalue weighted by atomic mass is 16.5. The van der Waals surface area contributed by atoms with Crippen molar-refractivity contribution >= 4 is 10.9 Å². The number of H-pyrrole nitrogens is 1. The molecule has 0 fully saturated rings. The lowest BCUT2D eigenvalue weighted by molar-refractivity contribution is -0.337. The third-order valence-corrected chi connectivity index (χ3v) is 3.21. The number of nitrogens with one attached hydrogen (secondary N) is 1. The quantitative estimate of drug-likeness (QED) is 0.710. The first kappa shape index (κ1) is 12.2. The van der Waals surface area contributed by atoms with Gasteiger partial charge in [-0.1, -0.05) is 22.9 Å². The molecule has 0 bridgehead atoms. The summed E-state index contributed by atoms with van der Waals surface area (Å²) in [4.78, 5) is 15.4. The molecule has 1 aromatic heterocycles. The molecule has 0 saturated carbocycles. The fourth-order valence-corrected chi connectivity index (χ4v) is 2.18. The number of methoxy groups -OCH3 is 1. The van der Waals surface area contributed by atoms with Crippen molar-refractivity contribution in [2.24, 2.45) is 0 Å². The number of hydrogen-bond acceptors (Lipinski definition) is 3. The molecular weight excluding hydrogens is 254 g/mol. The van der Waals surface area contributed by atoms with Gasteiger partial charge in [0, 0.05) is 0 Å². The highest BCUT2D eigenvalue weighted by Gasteiger charge is 2.17. The summed E-state index contributed by atoms with van der Waals surface area (Å²) in [6.07, 6.45) is 0. The van der Waals surface area contributed by atoms with E-state index in [2.05, 4.69) is 4.98 Å². The maximum Gasteiger partial charge on any atom is 0.368 e. The van der Waals surface area contributed by atoms with E-state index in [-0.39, 0.29) is 5.56 Å². The molecule has 3 aromatic rings. The number of benzene rings is 2. The van der Waals surface area contributed by atoms with Crippen LogP contribution in [0.25, 0.3) is 22.3 Å². The number of nitrogen functional groups attached to an aromatic ring is 1. The Morgan fingerprint density at radius 3 is 2.75 bits per heavy atom. The zero-order valence-corrected chi connectivity index (χ0v) is 11.0. The van der Waals surface area contributed by atoms with E-state index in [0.717, 1.165) is 15.8 Å². The zero-order valence-electron chi connectivity index (χ0n) is 11.0. The Balaban J connectivity index is 2.31. The highest BCUT2D eigenvalue weighted by Crippen LogP contribution is 2.19. The Bertz CT molecular complexity index is 840. The van der Waals surface area contributed by atoms with E-state index >= 15 is 0 Å². The van der Waals surface area contributed by atoms with Crippen molar-refractivity contribution in [3.05, 3.63) is 58.9 Å². The van der Waals surface area contributed by atoms with E-state index in [1.165, 1.54) is 0 Å². The van der Waals surface area contributed by atoms with Gasteiger partial charge in [-0.15, -0.1) is 0 Å². The molecular formula is C15H14N3O2+. The van der Waals surface area contributed by atoms with Crippen LogP contribution >= 0.6 is 0 Å². The van der Waals surface area contributed by atoms with Crippen LogP contribution in [-0.2, 0) is 0 Å². The molecule has 5 heteroatoms. The Labute approximate surface area is 115 Å². The molecule has 0 aliphatic carbocycles. The number of nitrogens with zero attached hydrogens (tertiary/aromatic N) is 1. The molecule has 100 valence electrons. The second kappa shape index (κ2) is 4.70. The van der Waals surface area contributed by atoms with Crippen molar-refractivity contribution in [1.29, 1.82) is 0 Å². The number of aromatic nitrogens is 2. The van der Waals surface area contributed by atoms with Gasteiger partial charge in [0.25, 0.3) is 0 Å². The SMILES string of the molecule is COc1cccc(-c2[nH+]c3ccccc3c(=O)n2N)c1. The lowest BCUT2D eigenvalue weighted by Crippen LogP contribution is -2.35. The lowest BCUT2D eigenvalue weighted by Gasteiger charge is -2.04. The van der Waals surface area contributed by atoms with Crippen LogP contribution in [0, 0.1) is 0 Å². The Morgan fingerprint density at radius 1 is 1.15 bits per heavy atom. The van der Waals surface area contributed by atoms with Gasteiger partial charge in [-0.05, 0) is 30.3 Å². The third kappa shape index (κ3) is 1.89. The molecule has 2 aromatic carbocycles. The molecule has 20 heavy (non-hydrogen) atoms. The smallest absolute Gasteiger partial charge is 0.368 e. The van der Waals surface area contributed by atoms with Gasteiger partial charge in [0.15, 0.2) is 0 Å². The largest absolute Gasteiger partial charge is 0.497 e. The summed E-state index contributed by atoms with van der Waals surface area (Å²) in [6, 6.07) is 14.6. The van der Waals surface area contributed by atoms with E-state index in [1.807, 2.05) is 42.5 Å². The summed E-state index contributed by atoms with van der Waals surface area (Å²) >= 11 is 0. The lowest BCUT2D eigenvalue weighted by atomic mass is 10.2. The van der Waals surface area contributed by atoms with Crippen LogP contribution < -0.4 is 21.1 Å². The molecule has 0 aliphatic rings. The molecule has 5 nitrogen and oxygen atoms in total. The number of para-hydroxylation sites is 1. The summed E-state index contributed by atoms with van der Waals surface area (Å²) in [7, 11) is 1.60. The van der Waals surface area contributed by atoms with Crippen LogP contribution in [-0.4, -0.2) is 11.8 Å². The van der Waals surface area contributed by atoms with Crippen LogP contribution in [0.15, 0.2) is 53.3 Å². The first-order valence-corrected chi connectivity index (χ1v) is 6.17. The standard InChI is InChI=1S/C15H13N3O2/c1-20-11-6-4-5-10(9-11)14-17-13-8-3-2-7-12(13)15(19)18(14)16/h2-9H,16H2,1H3/p+1. The monoisotopic (exact) mass is 268 g/mol. The molecule has 3 N–H and O–H groups in total. The van der Waals surface area contributed by atoms with Crippen molar-refractivity contribution < 1.29 is 9.72 Å². The molecule has 0 spiro atoms. The fourth-order valence-electron chi connectivity index (χ4n) is 2.18. The highest BCUT2D eigenvalue weighted by molar-refractivity contribution is 5.75. The summed E-state index contributed by atoms with van der Waals surface area (Å²) < 4.78 is 6.31. The summed E-state index contributed by atoms with van der Waals surface area (Å²) in [5, 5.41) is 0.557. The molecule has 0 amide bonds. The van der Waals surface area contributed by atoms with Crippen LogP contribution in [0.3, 0.4) is 0 Å². The first-order valence-electron chi connectivity index (χ1n) is 6.17. The molecule has 0 unspecified atom stereocenters. The summed E-state index contributed by atoms with van der Waals surface area (Å²) in [5.41, 5.74) is 1.30. The predicted molar refractivity (Wildman–Crippen MR) is 76.9 cm³/mol. The minimum absolute atomic E-state index is 0.239. The van der Waals surface area contributed by atoms with Crippen molar-refractivity contribution in [1.82, 2.24) is 4.68 Å². The zero-order chi connectivity index (χ0) is 14.1. The summed E-state index contributed by atoms with van der Waals surface area (Å²) in [5.74, 6) is 7.14. The molecule has 3 rings (SSSR count). The second-order valence-corrected chi connectivity index (χ2v) is 4.43. The summed E-state index contributed by atoms with van der Waals surface area (Å²) in [6.45, 7) is 0. The maximum atomic E-state index is 12.3. The van der Waals surface area contributed by atoms with Gasteiger partial charge >= 0.3 is 11.4 Å². The van der Waals surface area contributed by atoms with Crippen LogP contribution in [0.1, 0.15) is 0 Å². The average molecular weight is 268 g/mol. The van der Waals surface area contributed by atoms with Gasteiger partial charge in [-0.2, -0.15) is 0 Å². The maximum absolute atomic E-state index is 12.3. The number of fused-ring (bicyclic) bond motifs is 1. The Kier molecular flexibility index (Phi) is 2.87. The van der Waals surface area contributed by atoms with Gasteiger partial charge < -0.3 is 4.74 Å². The van der Waals surface area contributed by atoms with Gasteiger partial charge in [0.05, 0.1) is 12.7 Å². The van der Waals surface area contributed by atoms with E-state index in [1.54, 1.807) is 13.2 Å². The minimum Gasteiger partial charge on any atom is -0.497 e. The van der Waals surface area contributed by atoms with Crippen LogP contribution in [0.5, 0.6) is 5.75 Å². The fraction of sp³-hybridized carbons (Fsp3) is 0.0667. The Hall–Kier alpha value is -2.82. The van der Waals surface area contributed by atoms with Crippen molar-refractivity contribution in [2.45, 2.75) is 0 Å². The number of hydrogen-bond donors (Lipinski definition) is 1. The van der Waals surface area contributed by atoms with Crippen molar-refractivity contribution in [3.8, 4) is 17.1 Å². The van der Waals surface area contributed by atoms with Crippen LogP contribution in [0.2, 0.25) is 0 Å². The second-order valence-electron chi connectivity index (χ2n) is 4.43. The topological polar surface area (TPSA) is 71.4 Å². The van der Waals surface area contributed by atoms with E-state index in [0.29, 0.717) is 17.0 Å². The normalized spacial score (nSPS) is 10.7. The Morgan fingerprint density at radius 2 is 1.95 bits per heavy atom. The number of rotatable bonds is 2. The molecule has 0 saturated heterocycles. The van der Waals surface area contributed by atoms with Crippen molar-refractivity contribution in [2.75, 3.05) is 13.0 Å². The number of ether oxygens (including phenoxy) is 1. The van der Waals surface area contributed by atoms with Crippen LogP contribution in [0.4, 0.5) is 0 Å². The molecule has 0 radical (unpaired) electrons. The predicted octanol–water partition coefficient (Wildman–Crippen LogP) is 1.20. The van der Waals surface area contributed by atoms with Gasteiger partial charge in [-0.25, -0.2) is 9.78 Å². The van der Waals surface area contributed by atoms with Gasteiger partial charge in [-0.3, -0.25) is 5.84 Å². The first-order chi connectivity index (χ1) is 9.70. The molecule has 0 atom stereocenters. The molecule has 1 heterocycles. The average Bonchev–Trinajstić information content (AvgIpc) is 2.51. The van der Waals surface area contributed by atoms with Gasteiger partial charge in [0.2, 0.25) is 0 Å². The third-order valence-electron chi connectivity index (χ3n) is 3.21. The van der Waals surface area contributed by atoms with E-state index in [4.69, 9.17) is 10.6 Å². The number of nitrogens with two attached hydrogens (primary N) is 1. The minimum atomic E-state index is -0.239. The van der Waals surface area contributed by atoms with E-state index < -0.39 is 0 Å². The molecule has 0 aliphatic heterocycles. The van der Waals surface area contributed by atoms with E-state index in [9.17, 15) is 4.79 Å². The van der Waals surface area contributed by atoms with Gasteiger partial charge in [0.1, 0.15) is 16.7 Å². The van der Waals surface area contributed by atoms with Crippen molar-refractivity contribution in [3.63, 3.8) is 0 Å².